The molecule has 23 heavy (non-hydrogen) atoms. The molecule has 0 aliphatic carbocycles. The van der Waals surface area contributed by atoms with E-state index in [2.05, 4.69) is 9.97 Å². The van der Waals surface area contributed by atoms with Gasteiger partial charge in [0.2, 0.25) is 5.88 Å². The van der Waals surface area contributed by atoms with Gasteiger partial charge in [-0.15, -0.1) is 0 Å². The maximum Gasteiger partial charge on any atom is 0.241 e. The van der Waals surface area contributed by atoms with Gasteiger partial charge < -0.3 is 19.9 Å². The van der Waals surface area contributed by atoms with Gasteiger partial charge in [0, 0.05) is 11.6 Å². The van der Waals surface area contributed by atoms with Gasteiger partial charge in [-0.25, -0.2) is 9.97 Å². The molecule has 3 rings (SSSR count). The quantitative estimate of drug-likeness (QED) is 0.746. The zero-order valence-corrected chi connectivity index (χ0v) is 13.2. The molecule has 6 heteroatoms. The Morgan fingerprint density at radius 1 is 0.826 bits per heavy atom. The molecule has 0 fully saturated rings. The molecule has 0 aliphatic heterocycles. The zero-order valence-electron chi connectivity index (χ0n) is 13.2. The van der Waals surface area contributed by atoms with Gasteiger partial charge in [-0.05, 0) is 0 Å². The monoisotopic (exact) mass is 311 g/mol. The minimum atomic E-state index is 0.394. The topological polar surface area (TPSA) is 79.5 Å². The molecule has 6 nitrogen and oxygen atoms in total. The van der Waals surface area contributed by atoms with Gasteiger partial charge in [0.1, 0.15) is 28.2 Å². The van der Waals surface area contributed by atoms with Crippen LogP contribution < -0.4 is 19.9 Å². The summed E-state index contributed by atoms with van der Waals surface area (Å²) in [6, 6.07) is 11.4. The number of hydrogen-bond acceptors (Lipinski definition) is 6. The number of nitrogens with two attached hydrogens (primary N) is 1. The number of hydrogen-bond donors (Lipinski definition) is 1. The molecule has 0 aliphatic rings. The molecule has 0 radical (unpaired) electrons. The van der Waals surface area contributed by atoms with Crippen molar-refractivity contribution < 1.29 is 14.2 Å². The largest absolute Gasteiger partial charge is 0.494 e. The van der Waals surface area contributed by atoms with Crippen molar-refractivity contribution in [3.63, 3.8) is 0 Å². The van der Waals surface area contributed by atoms with Crippen molar-refractivity contribution in [1.82, 2.24) is 9.97 Å². The van der Waals surface area contributed by atoms with E-state index in [0.717, 1.165) is 5.56 Å². The smallest absolute Gasteiger partial charge is 0.241 e. The summed E-state index contributed by atoms with van der Waals surface area (Å²) in [7, 11) is 4.66. The SMILES string of the molecule is COc1cc(OC)c2nc(-c3ccccc3)c(OC)nc2c1N. The van der Waals surface area contributed by atoms with E-state index in [1.54, 1.807) is 27.4 Å². The maximum absolute atomic E-state index is 6.13. The minimum Gasteiger partial charge on any atom is -0.494 e. The fourth-order valence-corrected chi connectivity index (χ4v) is 2.41. The molecule has 2 N–H and O–H groups in total. The van der Waals surface area contributed by atoms with E-state index in [4.69, 9.17) is 19.9 Å². The number of fused-ring (bicyclic) bond motifs is 1. The highest BCUT2D eigenvalue weighted by Gasteiger charge is 2.18. The lowest BCUT2D eigenvalue weighted by molar-refractivity contribution is 0.394. The summed E-state index contributed by atoms with van der Waals surface area (Å²) in [5.74, 6) is 1.42. The second-order valence-corrected chi connectivity index (χ2v) is 4.84. The Morgan fingerprint density at radius 3 is 2.13 bits per heavy atom. The normalized spacial score (nSPS) is 10.6. The van der Waals surface area contributed by atoms with Gasteiger partial charge in [-0.1, -0.05) is 30.3 Å². The number of benzene rings is 2. The molecule has 2 aromatic carbocycles. The molecular formula is C17H17N3O3. The molecule has 0 saturated heterocycles. The van der Waals surface area contributed by atoms with Gasteiger partial charge in [-0.2, -0.15) is 0 Å². The van der Waals surface area contributed by atoms with E-state index in [9.17, 15) is 0 Å². The molecule has 0 amide bonds. The van der Waals surface area contributed by atoms with Crippen LogP contribution in [0.1, 0.15) is 0 Å². The predicted molar refractivity (Wildman–Crippen MR) is 89.0 cm³/mol. The standard InChI is InChI=1S/C17H17N3O3/c1-21-11-9-12(22-2)15-16(13(11)18)20-17(23-3)14(19-15)10-7-5-4-6-8-10/h4-9H,18H2,1-3H3. The van der Waals surface area contributed by atoms with Crippen LogP contribution in [0.25, 0.3) is 22.3 Å². The lowest BCUT2D eigenvalue weighted by Gasteiger charge is -2.14. The molecule has 0 saturated carbocycles. The van der Waals surface area contributed by atoms with Crippen molar-refractivity contribution >= 4 is 16.7 Å². The van der Waals surface area contributed by atoms with Crippen molar-refractivity contribution in [3.8, 4) is 28.6 Å². The van der Waals surface area contributed by atoms with Crippen LogP contribution in [0, 0.1) is 0 Å². The lowest BCUT2D eigenvalue weighted by atomic mass is 10.1. The van der Waals surface area contributed by atoms with Gasteiger partial charge >= 0.3 is 0 Å². The molecule has 0 bridgehead atoms. The highest BCUT2D eigenvalue weighted by atomic mass is 16.5. The summed E-state index contributed by atoms with van der Waals surface area (Å²) in [6.07, 6.45) is 0. The number of nitrogen functional groups attached to an aromatic ring is 1. The van der Waals surface area contributed by atoms with Gasteiger partial charge in [-0.3, -0.25) is 0 Å². The van der Waals surface area contributed by atoms with E-state index in [-0.39, 0.29) is 0 Å². The molecule has 3 aromatic rings. The van der Waals surface area contributed by atoms with Gasteiger partial charge in [0.15, 0.2) is 5.75 Å². The van der Waals surface area contributed by atoms with Crippen molar-refractivity contribution in [2.45, 2.75) is 0 Å². The molecule has 0 atom stereocenters. The minimum absolute atomic E-state index is 0.394. The highest BCUT2D eigenvalue weighted by Crippen LogP contribution is 2.39. The van der Waals surface area contributed by atoms with Crippen LogP contribution in [0.5, 0.6) is 17.4 Å². The number of ether oxygens (including phenoxy) is 3. The highest BCUT2D eigenvalue weighted by molar-refractivity contribution is 5.96. The molecule has 1 heterocycles. The van der Waals surface area contributed by atoms with Crippen LogP contribution in [0.4, 0.5) is 5.69 Å². The van der Waals surface area contributed by atoms with Gasteiger partial charge in [0.05, 0.1) is 21.3 Å². The second-order valence-electron chi connectivity index (χ2n) is 4.84. The molecular weight excluding hydrogens is 294 g/mol. The first-order valence-corrected chi connectivity index (χ1v) is 7.01. The fraction of sp³-hybridized carbons (Fsp3) is 0.176. The average Bonchev–Trinajstić information content (AvgIpc) is 2.62. The average molecular weight is 311 g/mol. The summed E-state index contributed by atoms with van der Waals surface area (Å²) < 4.78 is 16.1. The Bertz CT molecular complexity index is 851. The van der Waals surface area contributed by atoms with Crippen LogP contribution in [-0.2, 0) is 0 Å². The Balaban J connectivity index is 2.36. The molecule has 0 unspecified atom stereocenters. The Labute approximate surface area is 133 Å². The number of methoxy groups -OCH3 is 3. The fourth-order valence-electron chi connectivity index (χ4n) is 2.41. The van der Waals surface area contributed by atoms with Crippen LogP contribution in [0.15, 0.2) is 36.4 Å². The molecule has 1 aromatic heterocycles. The van der Waals surface area contributed by atoms with Crippen molar-refractivity contribution in [2.75, 3.05) is 27.1 Å². The summed E-state index contributed by atoms with van der Waals surface area (Å²) in [5, 5.41) is 0. The number of nitrogens with zero attached hydrogens (tertiary/aromatic N) is 2. The third-order valence-electron chi connectivity index (χ3n) is 3.56. The summed E-state index contributed by atoms with van der Waals surface area (Å²) >= 11 is 0. The number of aromatic nitrogens is 2. The van der Waals surface area contributed by atoms with Crippen LogP contribution in [0.2, 0.25) is 0 Å². The second kappa shape index (κ2) is 6.00. The predicted octanol–water partition coefficient (Wildman–Crippen LogP) is 2.90. The summed E-state index contributed by atoms with van der Waals surface area (Å²) in [4.78, 5) is 9.19. The molecule has 118 valence electrons. The van der Waals surface area contributed by atoms with E-state index < -0.39 is 0 Å². The molecule has 0 spiro atoms. The first-order valence-electron chi connectivity index (χ1n) is 7.01. The zero-order chi connectivity index (χ0) is 16.4. The first kappa shape index (κ1) is 14.9. The van der Waals surface area contributed by atoms with E-state index >= 15 is 0 Å². The van der Waals surface area contributed by atoms with Gasteiger partial charge in [0.25, 0.3) is 0 Å². The van der Waals surface area contributed by atoms with E-state index in [1.165, 1.54) is 0 Å². The number of anilines is 1. The van der Waals surface area contributed by atoms with Crippen LogP contribution >= 0.6 is 0 Å². The van der Waals surface area contributed by atoms with E-state index in [1.807, 2.05) is 30.3 Å². The Kier molecular flexibility index (Phi) is 3.89. The summed E-state index contributed by atoms with van der Waals surface area (Å²) in [5.41, 5.74) is 9.09. The first-order chi connectivity index (χ1) is 11.2. The van der Waals surface area contributed by atoms with Crippen molar-refractivity contribution in [2.24, 2.45) is 0 Å². The number of rotatable bonds is 4. The maximum atomic E-state index is 6.13. The van der Waals surface area contributed by atoms with Crippen LogP contribution in [-0.4, -0.2) is 31.3 Å². The third-order valence-corrected chi connectivity index (χ3v) is 3.56. The Hall–Kier alpha value is -3.02. The third kappa shape index (κ3) is 2.48. The van der Waals surface area contributed by atoms with E-state index in [0.29, 0.717) is 39.8 Å². The summed E-state index contributed by atoms with van der Waals surface area (Å²) in [6.45, 7) is 0. The Morgan fingerprint density at radius 2 is 1.52 bits per heavy atom. The lowest BCUT2D eigenvalue weighted by Crippen LogP contribution is -2.02. The van der Waals surface area contributed by atoms with Crippen molar-refractivity contribution in [1.29, 1.82) is 0 Å². The van der Waals surface area contributed by atoms with Crippen LogP contribution in [0.3, 0.4) is 0 Å². The van der Waals surface area contributed by atoms with Crippen molar-refractivity contribution in [3.05, 3.63) is 36.4 Å².